The average Bonchev–Trinajstić information content (AvgIpc) is 2.89. The average molecular weight is 569 g/mol. The monoisotopic (exact) mass is 568 g/mol. The number of rotatable bonds is 10. The lowest BCUT2D eigenvalue weighted by Crippen LogP contribution is -2.68. The molecule has 1 aliphatic carbocycles. The number of nitrogens with one attached hydrogen (secondary N) is 1. The van der Waals surface area contributed by atoms with E-state index in [9.17, 15) is 25.2 Å². The molecule has 2 heterocycles. The first-order valence-electron chi connectivity index (χ1n) is 12.6. The lowest BCUT2D eigenvalue weighted by molar-refractivity contribution is -0.297. The van der Waals surface area contributed by atoms with Crippen LogP contribution >= 0.6 is 11.6 Å². The molecule has 15 nitrogen and oxygen atoms in total. The van der Waals surface area contributed by atoms with Gasteiger partial charge in [-0.1, -0.05) is 12.2 Å². The fourth-order valence-corrected chi connectivity index (χ4v) is 5.19. The Morgan fingerprint density at radius 2 is 1.76 bits per heavy atom. The number of halogens is 1. The molecule has 16 heteroatoms. The van der Waals surface area contributed by atoms with Crippen molar-refractivity contribution in [3.8, 4) is 0 Å². The topological polar surface area (TPSA) is 277 Å². The van der Waals surface area contributed by atoms with E-state index in [0.717, 1.165) is 0 Å². The summed E-state index contributed by atoms with van der Waals surface area (Å²) in [5, 5.41) is 42.1. The summed E-state index contributed by atoms with van der Waals surface area (Å²) in [6.07, 6.45) is -6.64. The first kappa shape index (κ1) is 31.5. The van der Waals surface area contributed by atoms with Gasteiger partial charge >= 0.3 is 0 Å². The number of amides is 1. The summed E-state index contributed by atoms with van der Waals surface area (Å²) in [5.74, 6) is -0.719. The molecule has 15 N–H and O–H groups in total. The van der Waals surface area contributed by atoms with Crippen molar-refractivity contribution < 1.29 is 44.2 Å². The number of aliphatic hydroxyl groups excluding tert-OH is 4. The Labute approximate surface area is 225 Å². The van der Waals surface area contributed by atoms with Crippen LogP contribution in [0.15, 0.2) is 12.2 Å². The number of hydrogen-bond acceptors (Lipinski definition) is 14. The molecule has 6 unspecified atom stereocenters. The predicted octanol–water partition coefficient (Wildman–Crippen LogP) is -5.38. The molecular weight excluding hydrogens is 528 g/mol. The molecule has 0 spiro atoms. The molecule has 2 fully saturated rings. The second-order valence-electron chi connectivity index (χ2n) is 9.78. The van der Waals surface area contributed by atoms with Gasteiger partial charge in [-0.3, -0.25) is 4.79 Å². The maximum absolute atomic E-state index is 12.6. The maximum atomic E-state index is 12.6. The lowest BCUT2D eigenvalue weighted by atomic mass is 9.85. The van der Waals surface area contributed by atoms with Gasteiger partial charge in [-0.15, -0.1) is 11.6 Å². The molecule has 1 amide bonds. The maximum Gasteiger partial charge on any atom is 0.249 e. The largest absolute Gasteiger partial charge is 0.394 e. The van der Waals surface area contributed by atoms with Crippen molar-refractivity contribution in [2.24, 2.45) is 28.7 Å². The number of ether oxygens (including phenoxy) is 4. The van der Waals surface area contributed by atoms with Gasteiger partial charge in [0.15, 0.2) is 12.6 Å². The first-order valence-corrected chi connectivity index (χ1v) is 13.0. The molecule has 0 aromatic heterocycles. The van der Waals surface area contributed by atoms with Crippen LogP contribution in [-0.2, 0) is 23.7 Å². The summed E-state index contributed by atoms with van der Waals surface area (Å²) in [6, 6.07) is -3.44. The van der Waals surface area contributed by atoms with Gasteiger partial charge in [0, 0.05) is 12.6 Å². The van der Waals surface area contributed by atoms with Gasteiger partial charge in [-0.25, -0.2) is 0 Å². The van der Waals surface area contributed by atoms with Crippen molar-refractivity contribution >= 4 is 17.5 Å². The van der Waals surface area contributed by atoms with Gasteiger partial charge in [0.1, 0.15) is 24.4 Å². The van der Waals surface area contributed by atoms with Crippen molar-refractivity contribution in [3.63, 3.8) is 0 Å². The van der Waals surface area contributed by atoms with Crippen LogP contribution in [0.3, 0.4) is 0 Å². The van der Waals surface area contributed by atoms with E-state index in [1.54, 1.807) is 12.2 Å². The van der Waals surface area contributed by atoms with Gasteiger partial charge in [-0.05, 0) is 19.4 Å². The highest BCUT2D eigenvalue weighted by molar-refractivity contribution is 6.21. The van der Waals surface area contributed by atoms with Gasteiger partial charge < -0.3 is 73.4 Å². The van der Waals surface area contributed by atoms with Gasteiger partial charge in [0.2, 0.25) is 5.91 Å². The minimum absolute atomic E-state index is 0.0221. The van der Waals surface area contributed by atoms with E-state index in [0.29, 0.717) is 0 Å². The third-order valence-corrected chi connectivity index (χ3v) is 7.46. The molecule has 1 saturated carbocycles. The Morgan fingerprint density at radius 3 is 2.39 bits per heavy atom. The second kappa shape index (κ2) is 14.0. The summed E-state index contributed by atoms with van der Waals surface area (Å²) in [5.41, 5.74) is 29.6. The zero-order chi connectivity index (χ0) is 28.1. The Bertz CT molecular complexity index is 800. The third kappa shape index (κ3) is 7.18. The van der Waals surface area contributed by atoms with Crippen molar-refractivity contribution in [3.05, 3.63) is 12.2 Å². The normalized spacial score (nSPS) is 44.5. The Morgan fingerprint density at radius 1 is 1.08 bits per heavy atom. The minimum Gasteiger partial charge on any atom is -0.394 e. The summed E-state index contributed by atoms with van der Waals surface area (Å²) >= 11 is 6.83. The summed E-state index contributed by atoms with van der Waals surface area (Å²) in [7, 11) is 0. The smallest absolute Gasteiger partial charge is 0.249 e. The van der Waals surface area contributed by atoms with E-state index in [1.165, 1.54) is 0 Å². The van der Waals surface area contributed by atoms with E-state index in [1.807, 2.05) is 0 Å². The molecule has 14 atom stereocenters. The van der Waals surface area contributed by atoms with Crippen LogP contribution in [-0.4, -0.2) is 131 Å². The zero-order valence-corrected chi connectivity index (χ0v) is 21.6. The number of alkyl halides is 1. The van der Waals surface area contributed by atoms with Crippen molar-refractivity contribution in [2.75, 3.05) is 19.7 Å². The number of carbonyl (C=O) groups is 1. The van der Waals surface area contributed by atoms with Crippen LogP contribution in [0.2, 0.25) is 0 Å². The van der Waals surface area contributed by atoms with Crippen LogP contribution in [0, 0.1) is 0 Å². The summed E-state index contributed by atoms with van der Waals surface area (Å²) < 4.78 is 23.5. The predicted molar refractivity (Wildman–Crippen MR) is 134 cm³/mol. The molecule has 2 aliphatic heterocycles. The van der Waals surface area contributed by atoms with Crippen molar-refractivity contribution in [2.45, 2.75) is 97.7 Å². The summed E-state index contributed by atoms with van der Waals surface area (Å²) in [6.45, 7) is -0.313. The number of nitrogens with two attached hydrogens (primary N) is 5. The van der Waals surface area contributed by atoms with Gasteiger partial charge in [0.05, 0.1) is 48.4 Å². The van der Waals surface area contributed by atoms with Crippen LogP contribution < -0.4 is 34.0 Å². The Balaban J connectivity index is 1.83. The zero-order valence-electron chi connectivity index (χ0n) is 20.9. The molecule has 3 rings (SSSR count). The van der Waals surface area contributed by atoms with E-state index < -0.39 is 97.4 Å². The molecular formula is C22H41ClN6O9. The van der Waals surface area contributed by atoms with Crippen LogP contribution in [0.4, 0.5) is 0 Å². The third-order valence-electron chi connectivity index (χ3n) is 6.97. The molecule has 1 saturated heterocycles. The molecule has 0 bridgehead atoms. The number of aliphatic hydroxyl groups is 4. The van der Waals surface area contributed by atoms with Crippen LogP contribution in [0.1, 0.15) is 12.8 Å². The highest BCUT2D eigenvalue weighted by Gasteiger charge is 2.51. The van der Waals surface area contributed by atoms with Crippen molar-refractivity contribution in [1.82, 2.24) is 5.32 Å². The van der Waals surface area contributed by atoms with E-state index >= 15 is 0 Å². The first-order chi connectivity index (χ1) is 18.0. The fourth-order valence-electron chi connectivity index (χ4n) is 4.71. The quantitative estimate of drug-likeness (QED) is 0.0869. The highest BCUT2D eigenvalue weighted by atomic mass is 35.5. The molecule has 38 heavy (non-hydrogen) atoms. The van der Waals surface area contributed by atoms with Crippen molar-refractivity contribution in [1.29, 1.82) is 0 Å². The lowest BCUT2D eigenvalue weighted by Gasteiger charge is -2.48. The molecule has 0 aromatic rings. The fraction of sp³-hybridized carbons (Fsp3) is 0.864. The molecule has 0 aromatic carbocycles. The molecule has 0 radical (unpaired) electrons. The Hall–Kier alpha value is -1.02. The van der Waals surface area contributed by atoms with Crippen LogP contribution in [0.25, 0.3) is 0 Å². The number of hydrogen-bond donors (Lipinski definition) is 10. The number of carbonyl (C=O) groups excluding carboxylic acids is 1. The molecule has 3 aliphatic rings. The SMILES string of the molecule is NCC[C@H](O)C(=O)N[C@@H]1C[C@H](N)C(O[C@@H]2OC(CN)C=CC2N)C(Cl)[C@@H]1O[C@@H]1OC(CO)[C@H](O)[C@H](N)C1O. The van der Waals surface area contributed by atoms with Crippen LogP contribution in [0.5, 0.6) is 0 Å². The standard InChI is InChI=1S/C22H41ClN6O9/c23-14-18(37-21-9(26)2-1-8(6-25)35-21)10(27)5-11(29-20(34)12(31)3-4-24)19(14)38-22-17(33)15(28)16(32)13(7-30)36-22/h1-2,8-19,21-22,30-33H,3-7,24-28H2,(H,29,34)/t8?,9?,10-,11+,12-,13?,14?,15-,16-,17?,18?,19+,21-,22-/m0/s1. The molecule has 220 valence electrons. The minimum atomic E-state index is -1.50. The second-order valence-corrected chi connectivity index (χ2v) is 10.3. The van der Waals surface area contributed by atoms with Gasteiger partial charge in [-0.2, -0.15) is 0 Å². The van der Waals surface area contributed by atoms with E-state index in [2.05, 4.69) is 5.32 Å². The van der Waals surface area contributed by atoms with E-state index in [-0.39, 0.29) is 25.9 Å². The summed E-state index contributed by atoms with van der Waals surface area (Å²) in [4.78, 5) is 12.6. The Kier molecular flexibility index (Phi) is 11.6. The van der Waals surface area contributed by atoms with E-state index in [4.69, 9.17) is 59.2 Å². The van der Waals surface area contributed by atoms with Gasteiger partial charge in [0.25, 0.3) is 0 Å². The highest BCUT2D eigenvalue weighted by Crippen LogP contribution is 2.33.